The summed E-state index contributed by atoms with van der Waals surface area (Å²) in [5, 5.41) is 0. The molecule has 1 heterocycles. The van der Waals surface area contributed by atoms with Crippen LogP contribution in [0.4, 0.5) is 0 Å². The standard InChI is InChI=1S/C11H22N2OS.ClH/c1-8(2)9(12)10(14)13-5-6-15-11(3,4)7-13;/h8-9H,5-7,12H2,1-4H3;1H/t9-;/m1./s1. The second-order valence-corrected chi connectivity index (χ2v) is 6.94. The lowest BCUT2D eigenvalue weighted by molar-refractivity contribution is -0.133. The molecule has 16 heavy (non-hydrogen) atoms. The fraction of sp³-hybridized carbons (Fsp3) is 0.909. The van der Waals surface area contributed by atoms with Crippen molar-refractivity contribution >= 4 is 30.1 Å². The molecule has 0 radical (unpaired) electrons. The van der Waals surface area contributed by atoms with E-state index in [-0.39, 0.29) is 35.0 Å². The summed E-state index contributed by atoms with van der Waals surface area (Å²) in [6.45, 7) is 10.00. The van der Waals surface area contributed by atoms with E-state index in [1.54, 1.807) is 0 Å². The number of nitrogens with two attached hydrogens (primary N) is 1. The van der Waals surface area contributed by atoms with Crippen molar-refractivity contribution in [1.29, 1.82) is 0 Å². The van der Waals surface area contributed by atoms with Gasteiger partial charge in [-0.1, -0.05) is 13.8 Å². The molecule has 1 amide bonds. The molecule has 5 heteroatoms. The van der Waals surface area contributed by atoms with Crippen LogP contribution < -0.4 is 5.73 Å². The summed E-state index contributed by atoms with van der Waals surface area (Å²) in [5.74, 6) is 1.34. The van der Waals surface area contributed by atoms with Crippen molar-refractivity contribution in [3.8, 4) is 0 Å². The normalized spacial score (nSPS) is 21.5. The summed E-state index contributed by atoms with van der Waals surface area (Å²) >= 11 is 1.93. The molecule has 0 unspecified atom stereocenters. The Balaban J connectivity index is 0.00000225. The minimum atomic E-state index is -0.344. The number of hydrogen-bond acceptors (Lipinski definition) is 3. The summed E-state index contributed by atoms with van der Waals surface area (Å²) in [5.41, 5.74) is 5.88. The van der Waals surface area contributed by atoms with E-state index in [2.05, 4.69) is 13.8 Å². The fourth-order valence-corrected chi connectivity index (χ4v) is 2.81. The third-order valence-electron chi connectivity index (χ3n) is 2.74. The van der Waals surface area contributed by atoms with Crippen molar-refractivity contribution in [2.75, 3.05) is 18.8 Å². The molecule has 1 saturated heterocycles. The van der Waals surface area contributed by atoms with E-state index in [9.17, 15) is 4.79 Å². The van der Waals surface area contributed by atoms with Gasteiger partial charge in [0.25, 0.3) is 0 Å². The number of thioether (sulfide) groups is 1. The van der Waals surface area contributed by atoms with Crippen molar-refractivity contribution in [1.82, 2.24) is 4.90 Å². The van der Waals surface area contributed by atoms with Crippen LogP contribution >= 0.6 is 24.2 Å². The molecule has 1 aliphatic rings. The van der Waals surface area contributed by atoms with Crippen LogP contribution in [0.3, 0.4) is 0 Å². The summed E-state index contributed by atoms with van der Waals surface area (Å²) in [7, 11) is 0. The van der Waals surface area contributed by atoms with E-state index in [1.165, 1.54) is 0 Å². The molecule has 0 aliphatic carbocycles. The second-order valence-electron chi connectivity index (χ2n) is 5.14. The topological polar surface area (TPSA) is 46.3 Å². The quantitative estimate of drug-likeness (QED) is 0.828. The fourth-order valence-electron chi connectivity index (χ4n) is 1.70. The van der Waals surface area contributed by atoms with Gasteiger partial charge in [0.2, 0.25) is 5.91 Å². The molecule has 2 N–H and O–H groups in total. The molecule has 0 bridgehead atoms. The number of rotatable bonds is 2. The molecule has 0 spiro atoms. The molecule has 0 aromatic heterocycles. The maximum atomic E-state index is 12.0. The Hall–Kier alpha value is 0.0700. The van der Waals surface area contributed by atoms with Crippen molar-refractivity contribution in [2.24, 2.45) is 11.7 Å². The van der Waals surface area contributed by atoms with Gasteiger partial charge in [0.05, 0.1) is 6.04 Å². The summed E-state index contributed by atoms with van der Waals surface area (Å²) in [6.07, 6.45) is 0. The minimum absolute atomic E-state index is 0. The first-order chi connectivity index (χ1) is 6.83. The first kappa shape index (κ1) is 16.1. The average molecular weight is 267 g/mol. The highest BCUT2D eigenvalue weighted by Gasteiger charge is 2.32. The van der Waals surface area contributed by atoms with Gasteiger partial charge in [0.1, 0.15) is 0 Å². The van der Waals surface area contributed by atoms with E-state index in [4.69, 9.17) is 5.73 Å². The number of carbonyl (C=O) groups is 1. The zero-order valence-electron chi connectivity index (χ0n) is 10.5. The molecule has 3 nitrogen and oxygen atoms in total. The summed E-state index contributed by atoms with van der Waals surface area (Å²) in [6, 6.07) is -0.344. The zero-order chi connectivity index (χ0) is 11.6. The van der Waals surface area contributed by atoms with Crippen molar-refractivity contribution < 1.29 is 4.79 Å². The Bertz CT molecular complexity index is 246. The van der Waals surface area contributed by atoms with Crippen LogP contribution in [0.25, 0.3) is 0 Å². The van der Waals surface area contributed by atoms with Crippen molar-refractivity contribution in [3.05, 3.63) is 0 Å². The van der Waals surface area contributed by atoms with E-state index >= 15 is 0 Å². The van der Waals surface area contributed by atoms with Gasteiger partial charge in [-0.05, 0) is 19.8 Å². The molecular formula is C11H23ClN2OS. The Morgan fingerprint density at radius 2 is 2.00 bits per heavy atom. The van der Waals surface area contributed by atoms with E-state index < -0.39 is 0 Å². The lowest BCUT2D eigenvalue weighted by atomic mass is 10.0. The van der Waals surface area contributed by atoms with Gasteiger partial charge in [0, 0.05) is 23.6 Å². The van der Waals surface area contributed by atoms with Crippen molar-refractivity contribution in [2.45, 2.75) is 38.5 Å². The number of halogens is 1. The van der Waals surface area contributed by atoms with Gasteiger partial charge >= 0.3 is 0 Å². The highest BCUT2D eigenvalue weighted by molar-refractivity contribution is 8.00. The lowest BCUT2D eigenvalue weighted by Gasteiger charge is -2.39. The molecule has 1 atom stereocenters. The van der Waals surface area contributed by atoms with Gasteiger partial charge in [0.15, 0.2) is 0 Å². The molecule has 0 aromatic carbocycles. The van der Waals surface area contributed by atoms with Gasteiger partial charge in [-0.2, -0.15) is 11.8 Å². The van der Waals surface area contributed by atoms with Crippen LogP contribution in [0, 0.1) is 5.92 Å². The maximum absolute atomic E-state index is 12.0. The number of amides is 1. The molecule has 1 rings (SSSR count). The largest absolute Gasteiger partial charge is 0.339 e. The Kier molecular flexibility index (Phi) is 6.15. The molecule has 0 saturated carbocycles. The SMILES string of the molecule is CC(C)[C@@H](N)C(=O)N1CCSC(C)(C)C1.Cl. The van der Waals surface area contributed by atoms with Crippen LogP contribution in [-0.2, 0) is 4.79 Å². The van der Waals surface area contributed by atoms with E-state index in [1.807, 2.05) is 30.5 Å². The van der Waals surface area contributed by atoms with Crippen LogP contribution in [0.2, 0.25) is 0 Å². The zero-order valence-corrected chi connectivity index (χ0v) is 12.2. The average Bonchev–Trinajstić information content (AvgIpc) is 2.13. The van der Waals surface area contributed by atoms with Gasteiger partial charge in [-0.15, -0.1) is 12.4 Å². The minimum Gasteiger partial charge on any atom is -0.339 e. The lowest BCUT2D eigenvalue weighted by Crippen LogP contribution is -2.53. The smallest absolute Gasteiger partial charge is 0.239 e. The summed E-state index contributed by atoms with van der Waals surface area (Å²) in [4.78, 5) is 13.9. The molecule has 96 valence electrons. The van der Waals surface area contributed by atoms with Crippen LogP contribution in [0.15, 0.2) is 0 Å². The summed E-state index contributed by atoms with van der Waals surface area (Å²) < 4.78 is 0.171. The first-order valence-corrected chi connectivity index (χ1v) is 6.50. The Morgan fingerprint density at radius 1 is 1.44 bits per heavy atom. The maximum Gasteiger partial charge on any atom is 0.239 e. The van der Waals surface area contributed by atoms with Crippen molar-refractivity contribution in [3.63, 3.8) is 0 Å². The van der Waals surface area contributed by atoms with Gasteiger partial charge in [-0.25, -0.2) is 0 Å². The Labute approximate surface area is 109 Å². The Morgan fingerprint density at radius 3 is 2.44 bits per heavy atom. The predicted octanol–water partition coefficient (Wildman–Crippen LogP) is 1.75. The highest BCUT2D eigenvalue weighted by Crippen LogP contribution is 2.29. The highest BCUT2D eigenvalue weighted by atomic mass is 35.5. The van der Waals surface area contributed by atoms with E-state index in [0.29, 0.717) is 0 Å². The van der Waals surface area contributed by atoms with E-state index in [0.717, 1.165) is 18.8 Å². The van der Waals surface area contributed by atoms with Gasteiger partial charge in [-0.3, -0.25) is 4.79 Å². The van der Waals surface area contributed by atoms with Crippen LogP contribution in [0.5, 0.6) is 0 Å². The second kappa shape index (κ2) is 6.12. The molecular weight excluding hydrogens is 244 g/mol. The monoisotopic (exact) mass is 266 g/mol. The van der Waals surface area contributed by atoms with Crippen LogP contribution in [-0.4, -0.2) is 40.4 Å². The van der Waals surface area contributed by atoms with Gasteiger partial charge < -0.3 is 10.6 Å². The molecule has 1 fully saturated rings. The third-order valence-corrected chi connectivity index (χ3v) is 4.04. The molecule has 1 aliphatic heterocycles. The third kappa shape index (κ3) is 4.15. The predicted molar refractivity (Wildman–Crippen MR) is 73.2 cm³/mol. The number of carbonyl (C=O) groups excluding carboxylic acids is 1. The molecule has 0 aromatic rings. The first-order valence-electron chi connectivity index (χ1n) is 5.52. The van der Waals surface area contributed by atoms with Crippen LogP contribution in [0.1, 0.15) is 27.7 Å². The number of nitrogens with zero attached hydrogens (tertiary/aromatic N) is 1. The number of hydrogen-bond donors (Lipinski definition) is 1.